The van der Waals surface area contributed by atoms with Crippen LogP contribution in [0.1, 0.15) is 24.0 Å². The highest BCUT2D eigenvalue weighted by Crippen LogP contribution is 2.43. The van der Waals surface area contributed by atoms with E-state index in [-0.39, 0.29) is 24.4 Å². The van der Waals surface area contributed by atoms with Crippen LogP contribution >= 0.6 is 0 Å². The molecule has 1 amide bonds. The Morgan fingerprint density at radius 1 is 1.14 bits per heavy atom. The van der Waals surface area contributed by atoms with E-state index in [1.807, 2.05) is 32.0 Å². The molecule has 0 saturated heterocycles. The molecule has 1 fully saturated rings. The van der Waals surface area contributed by atoms with Crippen molar-refractivity contribution in [3.8, 4) is 0 Å². The number of nitrogens with one attached hydrogen (secondary N) is 1. The SMILES string of the molecule is Cc1cc(C)cc(NC(=O)COC(=O)[C@@H]2C[C@@H]3C=C[C@H]2C3)c1. The monoisotopic (exact) mass is 299 g/mol. The number of carbonyl (C=O) groups excluding carboxylic acids is 2. The summed E-state index contributed by atoms with van der Waals surface area (Å²) in [7, 11) is 0. The minimum Gasteiger partial charge on any atom is -0.455 e. The van der Waals surface area contributed by atoms with Crippen LogP contribution in [0.15, 0.2) is 30.4 Å². The van der Waals surface area contributed by atoms with E-state index >= 15 is 0 Å². The third kappa shape index (κ3) is 3.21. The molecule has 2 aliphatic rings. The second-order valence-corrected chi connectivity index (χ2v) is 6.42. The van der Waals surface area contributed by atoms with Gasteiger partial charge < -0.3 is 10.1 Å². The number of rotatable bonds is 4. The molecule has 22 heavy (non-hydrogen) atoms. The molecule has 0 spiro atoms. The number of hydrogen-bond donors (Lipinski definition) is 1. The fraction of sp³-hybridized carbons (Fsp3) is 0.444. The van der Waals surface area contributed by atoms with E-state index in [2.05, 4.69) is 17.5 Å². The van der Waals surface area contributed by atoms with Gasteiger partial charge >= 0.3 is 5.97 Å². The van der Waals surface area contributed by atoms with Gasteiger partial charge in [0.2, 0.25) is 0 Å². The first-order valence-corrected chi connectivity index (χ1v) is 7.74. The van der Waals surface area contributed by atoms with Crippen LogP contribution in [0.2, 0.25) is 0 Å². The van der Waals surface area contributed by atoms with E-state index in [0.717, 1.165) is 29.7 Å². The number of aryl methyl sites for hydroxylation is 2. The van der Waals surface area contributed by atoms with Gasteiger partial charge in [-0.25, -0.2) is 0 Å². The Hall–Kier alpha value is -2.10. The molecule has 0 aromatic heterocycles. The zero-order valence-electron chi connectivity index (χ0n) is 13.0. The average molecular weight is 299 g/mol. The van der Waals surface area contributed by atoms with Crippen molar-refractivity contribution in [3.05, 3.63) is 41.5 Å². The molecule has 0 aliphatic heterocycles. The highest BCUT2D eigenvalue weighted by molar-refractivity contribution is 5.93. The molecular formula is C18H21NO3. The van der Waals surface area contributed by atoms with Gasteiger partial charge in [0.1, 0.15) is 0 Å². The number of allylic oxidation sites excluding steroid dienone is 2. The van der Waals surface area contributed by atoms with E-state index in [0.29, 0.717) is 11.8 Å². The summed E-state index contributed by atoms with van der Waals surface area (Å²) >= 11 is 0. The standard InChI is InChI=1S/C18H21NO3/c1-11-5-12(2)7-15(6-11)19-17(20)10-22-18(21)16-9-13-3-4-14(16)8-13/h3-7,13-14,16H,8-10H2,1-2H3,(H,19,20)/t13-,14+,16-/m1/s1. The van der Waals surface area contributed by atoms with Crippen molar-refractivity contribution < 1.29 is 14.3 Å². The highest BCUT2D eigenvalue weighted by atomic mass is 16.5. The van der Waals surface area contributed by atoms with E-state index in [1.165, 1.54) is 0 Å². The van der Waals surface area contributed by atoms with Crippen LogP contribution in [-0.4, -0.2) is 18.5 Å². The van der Waals surface area contributed by atoms with Gasteiger partial charge in [0, 0.05) is 5.69 Å². The maximum atomic E-state index is 12.1. The Morgan fingerprint density at radius 3 is 2.45 bits per heavy atom. The predicted molar refractivity (Wildman–Crippen MR) is 84.3 cm³/mol. The van der Waals surface area contributed by atoms with Gasteiger partial charge in [0.05, 0.1) is 5.92 Å². The molecule has 3 rings (SSSR count). The lowest BCUT2D eigenvalue weighted by Crippen LogP contribution is -2.26. The Morgan fingerprint density at radius 2 is 1.86 bits per heavy atom. The number of fused-ring (bicyclic) bond motifs is 2. The van der Waals surface area contributed by atoms with Crippen LogP contribution in [0.25, 0.3) is 0 Å². The zero-order valence-corrected chi connectivity index (χ0v) is 13.0. The van der Waals surface area contributed by atoms with Crippen molar-refractivity contribution in [1.29, 1.82) is 0 Å². The van der Waals surface area contributed by atoms with Gasteiger partial charge in [-0.15, -0.1) is 0 Å². The van der Waals surface area contributed by atoms with Crippen molar-refractivity contribution >= 4 is 17.6 Å². The summed E-state index contributed by atoms with van der Waals surface area (Å²) in [5.41, 5.74) is 2.91. The molecule has 3 atom stereocenters. The number of hydrogen-bond acceptors (Lipinski definition) is 3. The van der Waals surface area contributed by atoms with Gasteiger partial charge in [-0.3, -0.25) is 9.59 Å². The van der Waals surface area contributed by atoms with E-state index in [1.54, 1.807) is 0 Å². The molecule has 0 radical (unpaired) electrons. The first kappa shape index (κ1) is 14.8. The van der Waals surface area contributed by atoms with E-state index in [9.17, 15) is 9.59 Å². The summed E-state index contributed by atoms with van der Waals surface area (Å²) in [6.07, 6.45) is 6.20. The molecule has 4 heteroatoms. The van der Waals surface area contributed by atoms with Gasteiger partial charge in [0.15, 0.2) is 6.61 Å². The number of carbonyl (C=O) groups is 2. The summed E-state index contributed by atoms with van der Waals surface area (Å²) in [5, 5.41) is 2.77. The molecule has 2 aliphatic carbocycles. The van der Waals surface area contributed by atoms with Gasteiger partial charge in [-0.2, -0.15) is 0 Å². The Kier molecular flexibility index (Phi) is 4.01. The molecule has 1 aromatic rings. The first-order chi connectivity index (χ1) is 10.5. The van der Waals surface area contributed by atoms with Gasteiger partial charge in [-0.05, 0) is 61.8 Å². The quantitative estimate of drug-likeness (QED) is 0.687. The van der Waals surface area contributed by atoms with Gasteiger partial charge in [-0.1, -0.05) is 18.2 Å². The Labute approximate surface area is 130 Å². The third-order valence-electron chi connectivity index (χ3n) is 4.43. The molecule has 1 N–H and O–H groups in total. The van der Waals surface area contributed by atoms with Crippen LogP contribution in [-0.2, 0) is 14.3 Å². The van der Waals surface area contributed by atoms with Crippen LogP contribution in [0.3, 0.4) is 0 Å². The summed E-state index contributed by atoms with van der Waals surface area (Å²) in [6, 6.07) is 5.83. The van der Waals surface area contributed by atoms with Crippen molar-refractivity contribution in [1.82, 2.24) is 0 Å². The number of esters is 1. The lowest BCUT2D eigenvalue weighted by atomic mass is 9.94. The third-order valence-corrected chi connectivity index (χ3v) is 4.43. The summed E-state index contributed by atoms with van der Waals surface area (Å²) in [4.78, 5) is 24.0. The van der Waals surface area contributed by atoms with Gasteiger partial charge in [0.25, 0.3) is 5.91 Å². The lowest BCUT2D eigenvalue weighted by Gasteiger charge is -2.16. The fourth-order valence-corrected chi connectivity index (χ4v) is 3.54. The maximum Gasteiger partial charge on any atom is 0.310 e. The van der Waals surface area contributed by atoms with Crippen molar-refractivity contribution in [2.45, 2.75) is 26.7 Å². The van der Waals surface area contributed by atoms with Crippen LogP contribution < -0.4 is 5.32 Å². The number of benzene rings is 1. The molecule has 0 unspecified atom stereocenters. The molecule has 116 valence electrons. The minimum atomic E-state index is -0.294. The zero-order chi connectivity index (χ0) is 15.7. The predicted octanol–water partition coefficient (Wildman–Crippen LogP) is 3.00. The Bertz CT molecular complexity index is 615. The van der Waals surface area contributed by atoms with Crippen molar-refractivity contribution in [3.63, 3.8) is 0 Å². The molecule has 4 nitrogen and oxygen atoms in total. The summed E-state index contributed by atoms with van der Waals surface area (Å²) in [6.45, 7) is 3.74. The van der Waals surface area contributed by atoms with Crippen LogP contribution in [0.4, 0.5) is 5.69 Å². The average Bonchev–Trinajstić information content (AvgIpc) is 3.06. The molecular weight excluding hydrogens is 278 g/mol. The first-order valence-electron chi connectivity index (χ1n) is 7.74. The normalized spacial score (nSPS) is 25.3. The highest BCUT2D eigenvalue weighted by Gasteiger charge is 2.40. The topological polar surface area (TPSA) is 55.4 Å². The van der Waals surface area contributed by atoms with Crippen LogP contribution in [0.5, 0.6) is 0 Å². The summed E-state index contributed by atoms with van der Waals surface area (Å²) in [5.74, 6) is 0.222. The minimum absolute atomic E-state index is 0.0657. The lowest BCUT2D eigenvalue weighted by molar-refractivity contribution is -0.152. The second kappa shape index (κ2) is 5.95. The number of amides is 1. The van der Waals surface area contributed by atoms with E-state index < -0.39 is 0 Å². The number of ether oxygens (including phenoxy) is 1. The summed E-state index contributed by atoms with van der Waals surface area (Å²) < 4.78 is 5.19. The second-order valence-electron chi connectivity index (χ2n) is 6.42. The van der Waals surface area contributed by atoms with Crippen LogP contribution in [0, 0.1) is 31.6 Å². The molecule has 2 bridgehead atoms. The van der Waals surface area contributed by atoms with Crippen molar-refractivity contribution in [2.75, 3.05) is 11.9 Å². The smallest absolute Gasteiger partial charge is 0.310 e. The maximum absolute atomic E-state index is 12.1. The largest absolute Gasteiger partial charge is 0.455 e. The molecule has 1 aromatic carbocycles. The van der Waals surface area contributed by atoms with E-state index in [4.69, 9.17) is 4.74 Å². The Balaban J connectivity index is 1.50. The fourth-order valence-electron chi connectivity index (χ4n) is 3.54. The molecule has 1 saturated carbocycles. The van der Waals surface area contributed by atoms with Crippen molar-refractivity contribution in [2.24, 2.45) is 17.8 Å². The molecule has 0 heterocycles. The number of anilines is 1.